The van der Waals surface area contributed by atoms with Crippen molar-refractivity contribution >= 4 is 11.9 Å². The Morgan fingerprint density at radius 1 is 1.00 bits per heavy atom. The average molecular weight is 252 g/mol. The van der Waals surface area contributed by atoms with Gasteiger partial charge in [0.05, 0.1) is 6.61 Å². The molecule has 0 unspecified atom stereocenters. The number of carbonyl (C=O) groups is 1. The molecular formula is C17H16O2. The van der Waals surface area contributed by atoms with E-state index in [1.54, 1.807) is 6.08 Å². The molecule has 0 heterocycles. The Morgan fingerprint density at radius 2 is 1.63 bits per heavy atom. The van der Waals surface area contributed by atoms with Crippen LogP contribution in [0.4, 0.5) is 0 Å². The summed E-state index contributed by atoms with van der Waals surface area (Å²) < 4.78 is 5.42. The molecule has 0 radical (unpaired) electrons. The third kappa shape index (κ3) is 3.32. The van der Waals surface area contributed by atoms with Gasteiger partial charge >= 0.3 is 0 Å². The fraction of sp³-hybridized carbons (Fsp3) is 0.118. The maximum absolute atomic E-state index is 10.8. The van der Waals surface area contributed by atoms with Crippen LogP contribution in [0.5, 0.6) is 5.75 Å². The first-order valence-electron chi connectivity index (χ1n) is 6.29. The summed E-state index contributed by atoms with van der Waals surface area (Å²) in [4.78, 5) is 10.8. The highest BCUT2D eigenvalue weighted by atomic mass is 16.5. The molecule has 0 fully saturated rings. The first-order chi connectivity index (χ1) is 9.35. The zero-order valence-electron chi connectivity index (χ0n) is 10.9. The summed E-state index contributed by atoms with van der Waals surface area (Å²) in [5.41, 5.74) is 2.94. The number of aldehydes is 1. The molecule has 0 aliphatic rings. The smallest absolute Gasteiger partial charge is 0.143 e. The van der Waals surface area contributed by atoms with Crippen LogP contribution in [0.15, 0.2) is 60.7 Å². The van der Waals surface area contributed by atoms with Gasteiger partial charge in [-0.05, 0) is 41.8 Å². The molecule has 96 valence electrons. The predicted octanol–water partition coefficient (Wildman–Crippen LogP) is 3.72. The van der Waals surface area contributed by atoms with Crippen molar-refractivity contribution in [3.63, 3.8) is 0 Å². The maximum Gasteiger partial charge on any atom is 0.143 e. The molecule has 2 aromatic carbocycles. The number of benzene rings is 2. The van der Waals surface area contributed by atoms with Crippen molar-refractivity contribution in [1.29, 1.82) is 0 Å². The minimum atomic E-state index is 0.648. The molecule has 0 amide bonds. The van der Waals surface area contributed by atoms with E-state index in [4.69, 9.17) is 4.74 Å². The summed E-state index contributed by atoms with van der Waals surface area (Å²) >= 11 is 0. The lowest BCUT2D eigenvalue weighted by Gasteiger charge is -2.09. The molecule has 0 aliphatic heterocycles. The minimum absolute atomic E-state index is 0.648. The summed E-state index contributed by atoms with van der Waals surface area (Å²) in [6.45, 7) is 2.60. The van der Waals surface area contributed by atoms with Crippen molar-refractivity contribution in [3.05, 3.63) is 71.8 Å². The second-order valence-electron chi connectivity index (χ2n) is 4.04. The lowest BCUT2D eigenvalue weighted by molar-refractivity contribution is -0.104. The first kappa shape index (κ1) is 13.1. The van der Waals surface area contributed by atoms with Crippen LogP contribution in [0.1, 0.15) is 18.1 Å². The van der Waals surface area contributed by atoms with Crippen LogP contribution < -0.4 is 4.74 Å². The number of hydrogen-bond acceptors (Lipinski definition) is 2. The Hall–Kier alpha value is -2.35. The fourth-order valence-corrected chi connectivity index (χ4v) is 1.94. The number of hydrogen-bond donors (Lipinski definition) is 0. The molecule has 0 aromatic heterocycles. The van der Waals surface area contributed by atoms with E-state index in [0.717, 1.165) is 28.7 Å². The normalized spacial score (nSPS) is 11.1. The molecule has 2 heteroatoms. The van der Waals surface area contributed by atoms with Crippen LogP contribution in [-0.4, -0.2) is 12.9 Å². The van der Waals surface area contributed by atoms with Crippen LogP contribution in [0.2, 0.25) is 0 Å². The van der Waals surface area contributed by atoms with Crippen molar-refractivity contribution in [2.75, 3.05) is 6.61 Å². The summed E-state index contributed by atoms with van der Waals surface area (Å²) in [7, 11) is 0. The van der Waals surface area contributed by atoms with Gasteiger partial charge in [-0.25, -0.2) is 0 Å². The van der Waals surface area contributed by atoms with Crippen LogP contribution in [0.3, 0.4) is 0 Å². The highest BCUT2D eigenvalue weighted by molar-refractivity contribution is 5.89. The molecule has 2 aromatic rings. The third-order valence-corrected chi connectivity index (χ3v) is 2.80. The predicted molar refractivity (Wildman–Crippen MR) is 77.2 cm³/mol. The molecule has 0 aliphatic carbocycles. The van der Waals surface area contributed by atoms with E-state index < -0.39 is 0 Å². The van der Waals surface area contributed by atoms with E-state index in [1.165, 1.54) is 0 Å². The van der Waals surface area contributed by atoms with E-state index in [2.05, 4.69) is 0 Å². The van der Waals surface area contributed by atoms with Gasteiger partial charge in [0.1, 0.15) is 12.0 Å². The second-order valence-corrected chi connectivity index (χ2v) is 4.04. The van der Waals surface area contributed by atoms with Crippen molar-refractivity contribution in [2.24, 2.45) is 0 Å². The quantitative estimate of drug-likeness (QED) is 0.599. The number of carbonyl (C=O) groups excluding carboxylic acids is 1. The van der Waals surface area contributed by atoms with Gasteiger partial charge in [-0.2, -0.15) is 0 Å². The summed E-state index contributed by atoms with van der Waals surface area (Å²) in [5, 5.41) is 0. The van der Waals surface area contributed by atoms with Gasteiger partial charge in [-0.1, -0.05) is 42.5 Å². The highest BCUT2D eigenvalue weighted by Gasteiger charge is 2.04. The van der Waals surface area contributed by atoms with Crippen molar-refractivity contribution in [3.8, 4) is 5.75 Å². The summed E-state index contributed by atoms with van der Waals surface area (Å²) in [5.74, 6) is 0.838. The van der Waals surface area contributed by atoms with E-state index >= 15 is 0 Å². The third-order valence-electron chi connectivity index (χ3n) is 2.80. The molecule has 0 saturated heterocycles. The Labute approximate surface area is 113 Å². The lowest BCUT2D eigenvalue weighted by Crippen LogP contribution is -1.92. The highest BCUT2D eigenvalue weighted by Crippen LogP contribution is 2.24. The van der Waals surface area contributed by atoms with Gasteiger partial charge in [-0.15, -0.1) is 0 Å². The molecule has 0 N–H and O–H groups in total. The van der Waals surface area contributed by atoms with Gasteiger partial charge in [-0.3, -0.25) is 4.79 Å². The minimum Gasteiger partial charge on any atom is -0.494 e. The van der Waals surface area contributed by atoms with E-state index in [9.17, 15) is 4.79 Å². The summed E-state index contributed by atoms with van der Waals surface area (Å²) in [6.07, 6.45) is 2.41. The Bertz CT molecular complexity index is 554. The monoisotopic (exact) mass is 252 g/mol. The van der Waals surface area contributed by atoms with Crippen LogP contribution in [0.25, 0.3) is 5.57 Å². The SMILES string of the molecule is CCOc1ccc(/C(=C/C=O)c2ccccc2)cc1. The van der Waals surface area contributed by atoms with Crippen molar-refractivity contribution < 1.29 is 9.53 Å². The van der Waals surface area contributed by atoms with Gasteiger partial charge in [0.2, 0.25) is 0 Å². The molecule has 0 bridgehead atoms. The molecular weight excluding hydrogens is 236 g/mol. The van der Waals surface area contributed by atoms with E-state index in [-0.39, 0.29) is 0 Å². The molecule has 0 spiro atoms. The standard InChI is InChI=1S/C17H16O2/c1-2-19-16-10-8-15(9-11-16)17(12-13-18)14-6-4-3-5-7-14/h3-13H,2H2,1H3/b17-12+. The zero-order chi connectivity index (χ0) is 13.5. The Morgan fingerprint density at radius 3 is 2.21 bits per heavy atom. The molecule has 0 saturated carbocycles. The average Bonchev–Trinajstić information content (AvgIpc) is 2.47. The van der Waals surface area contributed by atoms with E-state index in [0.29, 0.717) is 6.61 Å². The van der Waals surface area contributed by atoms with Crippen molar-refractivity contribution in [1.82, 2.24) is 0 Å². The van der Waals surface area contributed by atoms with Gasteiger partial charge < -0.3 is 4.74 Å². The fourth-order valence-electron chi connectivity index (χ4n) is 1.94. The van der Waals surface area contributed by atoms with Gasteiger partial charge in [0.25, 0.3) is 0 Å². The number of allylic oxidation sites excluding steroid dienone is 1. The largest absolute Gasteiger partial charge is 0.494 e. The first-order valence-corrected chi connectivity index (χ1v) is 6.29. The molecule has 2 rings (SSSR count). The Balaban J connectivity index is 2.35. The summed E-state index contributed by atoms with van der Waals surface area (Å²) in [6, 6.07) is 17.6. The molecule has 0 atom stereocenters. The van der Waals surface area contributed by atoms with Crippen LogP contribution in [0, 0.1) is 0 Å². The topological polar surface area (TPSA) is 26.3 Å². The maximum atomic E-state index is 10.8. The van der Waals surface area contributed by atoms with Crippen LogP contribution in [-0.2, 0) is 4.79 Å². The lowest BCUT2D eigenvalue weighted by atomic mass is 9.98. The molecule has 19 heavy (non-hydrogen) atoms. The van der Waals surface area contributed by atoms with Crippen molar-refractivity contribution in [2.45, 2.75) is 6.92 Å². The zero-order valence-corrected chi connectivity index (χ0v) is 10.9. The molecule has 2 nitrogen and oxygen atoms in total. The van der Waals surface area contributed by atoms with Gasteiger partial charge in [0, 0.05) is 0 Å². The second kappa shape index (κ2) is 6.55. The van der Waals surface area contributed by atoms with Crippen LogP contribution >= 0.6 is 0 Å². The number of ether oxygens (including phenoxy) is 1. The number of rotatable bonds is 5. The van der Waals surface area contributed by atoms with E-state index in [1.807, 2.05) is 61.5 Å². The Kier molecular flexibility index (Phi) is 4.51. The van der Waals surface area contributed by atoms with Gasteiger partial charge in [0.15, 0.2) is 0 Å².